The van der Waals surface area contributed by atoms with Crippen LogP contribution in [0.4, 0.5) is 5.69 Å². The first kappa shape index (κ1) is 12.7. The Morgan fingerprint density at radius 3 is 2.56 bits per heavy atom. The van der Waals surface area contributed by atoms with E-state index in [1.165, 1.54) is 6.42 Å². The maximum absolute atomic E-state index is 11.2. The van der Waals surface area contributed by atoms with E-state index in [-0.39, 0.29) is 5.78 Å². The highest BCUT2D eigenvalue weighted by Crippen LogP contribution is 2.22. The summed E-state index contributed by atoms with van der Waals surface area (Å²) in [4.78, 5) is 15.2. The van der Waals surface area contributed by atoms with Crippen LogP contribution in [0, 0.1) is 6.67 Å². The molecule has 1 aromatic rings. The summed E-state index contributed by atoms with van der Waals surface area (Å²) in [5, 5.41) is 0. The van der Waals surface area contributed by atoms with Crippen LogP contribution in [-0.2, 0) is 0 Å². The number of unbranched alkanes of at least 4 members (excludes halogenated alkanes) is 1. The zero-order chi connectivity index (χ0) is 13.0. The summed E-state index contributed by atoms with van der Waals surface area (Å²) in [7, 11) is 0. The van der Waals surface area contributed by atoms with E-state index < -0.39 is 0 Å². The van der Waals surface area contributed by atoms with Crippen LogP contribution in [0.5, 0.6) is 0 Å². The monoisotopic (exact) mass is 242 g/mol. The fraction of sp³-hybridized carbons (Fsp3) is 0.333. The molecular formula is C15H18N2O. The van der Waals surface area contributed by atoms with Gasteiger partial charge in [-0.15, -0.1) is 0 Å². The van der Waals surface area contributed by atoms with E-state index in [1.807, 2.05) is 41.6 Å². The summed E-state index contributed by atoms with van der Waals surface area (Å²) in [5.41, 5.74) is 1.76. The molecule has 3 nitrogen and oxygen atoms in total. The zero-order valence-corrected chi connectivity index (χ0v) is 10.9. The van der Waals surface area contributed by atoms with E-state index in [0.29, 0.717) is 0 Å². The molecule has 0 aliphatic carbocycles. The number of Topliss-reactive ketones (excluding diaryl/α,β-unsaturated/α-hetero) is 1. The van der Waals surface area contributed by atoms with E-state index in [4.69, 9.17) is 0 Å². The molecule has 2 rings (SSSR count). The van der Waals surface area contributed by atoms with Gasteiger partial charge in [0.05, 0.1) is 0 Å². The van der Waals surface area contributed by atoms with Gasteiger partial charge in [0.15, 0.2) is 5.78 Å². The van der Waals surface area contributed by atoms with Gasteiger partial charge in [-0.2, -0.15) is 0 Å². The predicted octanol–water partition coefficient (Wildman–Crippen LogP) is 3.28. The van der Waals surface area contributed by atoms with Gasteiger partial charge in [-0.25, -0.2) is 0 Å². The van der Waals surface area contributed by atoms with Gasteiger partial charge >= 0.3 is 0 Å². The molecule has 1 aliphatic rings. The lowest BCUT2D eigenvalue weighted by atomic mass is 10.1. The highest BCUT2D eigenvalue weighted by atomic mass is 16.1. The lowest BCUT2D eigenvalue weighted by molar-refractivity contribution is 0.101. The summed E-state index contributed by atoms with van der Waals surface area (Å²) in [6.07, 6.45) is 6.35. The molecule has 0 aromatic heterocycles. The van der Waals surface area contributed by atoms with E-state index in [2.05, 4.69) is 18.5 Å². The van der Waals surface area contributed by atoms with Gasteiger partial charge in [0.25, 0.3) is 0 Å². The maximum Gasteiger partial charge on any atom is 0.212 e. The molecule has 1 aliphatic heterocycles. The second kappa shape index (κ2) is 5.71. The first-order chi connectivity index (χ1) is 8.70. The van der Waals surface area contributed by atoms with Crippen molar-refractivity contribution < 1.29 is 4.79 Å². The largest absolute Gasteiger partial charge is 0.346 e. The third-order valence-electron chi connectivity index (χ3n) is 2.94. The number of benzene rings is 1. The zero-order valence-electron chi connectivity index (χ0n) is 10.9. The molecule has 0 spiro atoms. The predicted molar refractivity (Wildman–Crippen MR) is 72.9 cm³/mol. The molecule has 0 amide bonds. The van der Waals surface area contributed by atoms with Crippen molar-refractivity contribution in [1.29, 1.82) is 0 Å². The minimum Gasteiger partial charge on any atom is -0.346 e. The normalized spacial score (nSPS) is 14.3. The van der Waals surface area contributed by atoms with Crippen molar-refractivity contribution in [2.75, 3.05) is 11.4 Å². The van der Waals surface area contributed by atoms with Crippen LogP contribution in [0.2, 0.25) is 0 Å². The second-order valence-corrected chi connectivity index (χ2v) is 4.42. The topological polar surface area (TPSA) is 23.6 Å². The number of carbonyl (C=O) groups excluding carboxylic acids is 1. The molecular weight excluding hydrogens is 224 g/mol. The van der Waals surface area contributed by atoms with Gasteiger partial charge in [-0.05, 0) is 37.6 Å². The van der Waals surface area contributed by atoms with Crippen molar-refractivity contribution in [3.63, 3.8) is 0 Å². The lowest BCUT2D eigenvalue weighted by Gasteiger charge is -2.18. The Morgan fingerprint density at radius 2 is 1.94 bits per heavy atom. The smallest absolute Gasteiger partial charge is 0.212 e. The van der Waals surface area contributed by atoms with Crippen molar-refractivity contribution in [3.05, 3.63) is 48.9 Å². The standard InChI is InChI=1S/C15H18N2O/c1-3-4-9-16-10-11-17(12-16)15-7-5-14(6-8-15)13(2)18/h5-8,10-11H,3-4,9H2,1-2H3. The molecule has 2 radical (unpaired) electrons. The third kappa shape index (κ3) is 2.92. The van der Waals surface area contributed by atoms with Crippen LogP contribution in [0.1, 0.15) is 37.0 Å². The molecule has 18 heavy (non-hydrogen) atoms. The van der Waals surface area contributed by atoms with Gasteiger partial charge in [0, 0.05) is 30.2 Å². The number of nitrogens with zero attached hydrogens (tertiary/aromatic N) is 2. The molecule has 0 saturated carbocycles. The van der Waals surface area contributed by atoms with E-state index >= 15 is 0 Å². The van der Waals surface area contributed by atoms with Gasteiger partial charge in [0.2, 0.25) is 6.67 Å². The van der Waals surface area contributed by atoms with Gasteiger partial charge in [-0.1, -0.05) is 13.3 Å². The highest BCUT2D eigenvalue weighted by Gasteiger charge is 2.15. The maximum atomic E-state index is 11.2. The Kier molecular flexibility index (Phi) is 4.03. The van der Waals surface area contributed by atoms with E-state index in [1.54, 1.807) is 6.92 Å². The van der Waals surface area contributed by atoms with Crippen LogP contribution < -0.4 is 4.90 Å². The molecule has 0 saturated heterocycles. The first-order valence-corrected chi connectivity index (χ1v) is 6.32. The molecule has 3 heteroatoms. The third-order valence-corrected chi connectivity index (χ3v) is 2.94. The average molecular weight is 242 g/mol. The van der Waals surface area contributed by atoms with Gasteiger partial charge in [0.1, 0.15) is 0 Å². The minimum atomic E-state index is 0.0936. The Labute approximate surface area is 109 Å². The fourth-order valence-electron chi connectivity index (χ4n) is 1.81. The summed E-state index contributed by atoms with van der Waals surface area (Å²) in [6.45, 7) is 8.01. The Bertz CT molecular complexity index is 436. The summed E-state index contributed by atoms with van der Waals surface area (Å²) in [6, 6.07) is 7.58. The Balaban J connectivity index is 1.97. The van der Waals surface area contributed by atoms with Gasteiger partial charge in [-0.3, -0.25) is 4.79 Å². The van der Waals surface area contributed by atoms with Crippen LogP contribution in [0.3, 0.4) is 0 Å². The van der Waals surface area contributed by atoms with Crippen LogP contribution in [-0.4, -0.2) is 17.2 Å². The fourth-order valence-corrected chi connectivity index (χ4v) is 1.81. The second-order valence-electron chi connectivity index (χ2n) is 4.42. The number of anilines is 1. The van der Waals surface area contributed by atoms with Crippen molar-refractivity contribution in [1.82, 2.24) is 4.90 Å². The SMILES string of the molecule is CCCCN1[C]N(c2ccc(C(C)=O)cc2)C=C1. The van der Waals surface area contributed by atoms with Crippen molar-refractivity contribution in [3.8, 4) is 0 Å². The quantitative estimate of drug-likeness (QED) is 0.740. The number of ketones is 1. The van der Waals surface area contributed by atoms with Crippen LogP contribution >= 0.6 is 0 Å². The minimum absolute atomic E-state index is 0.0936. The molecule has 0 unspecified atom stereocenters. The first-order valence-electron chi connectivity index (χ1n) is 6.32. The highest BCUT2D eigenvalue weighted by molar-refractivity contribution is 5.94. The van der Waals surface area contributed by atoms with E-state index in [9.17, 15) is 4.79 Å². The Hall–Kier alpha value is -1.77. The summed E-state index contributed by atoms with van der Waals surface area (Å²) < 4.78 is 0. The van der Waals surface area contributed by atoms with Crippen molar-refractivity contribution in [2.24, 2.45) is 0 Å². The number of hydrogen-bond acceptors (Lipinski definition) is 3. The average Bonchev–Trinajstić information content (AvgIpc) is 2.85. The van der Waals surface area contributed by atoms with Gasteiger partial charge < -0.3 is 9.80 Å². The van der Waals surface area contributed by atoms with Crippen LogP contribution in [0.15, 0.2) is 36.7 Å². The molecule has 94 valence electrons. The molecule has 0 fully saturated rings. The van der Waals surface area contributed by atoms with Crippen LogP contribution in [0.25, 0.3) is 0 Å². The number of carbonyl (C=O) groups is 1. The molecule has 0 N–H and O–H groups in total. The Morgan fingerprint density at radius 1 is 1.22 bits per heavy atom. The molecule has 1 heterocycles. The molecule has 0 bridgehead atoms. The number of hydrogen-bond donors (Lipinski definition) is 0. The number of rotatable bonds is 5. The van der Waals surface area contributed by atoms with Crippen molar-refractivity contribution in [2.45, 2.75) is 26.7 Å². The molecule has 1 aromatic carbocycles. The lowest BCUT2D eigenvalue weighted by Crippen LogP contribution is -2.19. The molecule has 0 atom stereocenters. The van der Waals surface area contributed by atoms with Crippen molar-refractivity contribution >= 4 is 11.5 Å². The summed E-state index contributed by atoms with van der Waals surface area (Å²) >= 11 is 0. The summed E-state index contributed by atoms with van der Waals surface area (Å²) in [5.74, 6) is 0.0936. The van der Waals surface area contributed by atoms with E-state index in [0.717, 1.165) is 24.2 Å².